The molecule has 1 aromatic carbocycles. The third-order valence-corrected chi connectivity index (χ3v) is 2.97. The molecule has 0 amide bonds. The van der Waals surface area contributed by atoms with Crippen molar-refractivity contribution in [1.29, 1.82) is 0 Å². The molecule has 16 heavy (non-hydrogen) atoms. The fourth-order valence-corrected chi connectivity index (χ4v) is 2.12. The molecule has 0 unspecified atom stereocenters. The number of nitrogens with zero attached hydrogens (tertiary/aromatic N) is 1. The van der Waals surface area contributed by atoms with Gasteiger partial charge in [0.05, 0.1) is 24.6 Å². The van der Waals surface area contributed by atoms with Gasteiger partial charge in [0.1, 0.15) is 5.75 Å². The fraction of sp³-hybridized carbons (Fsp3) is 0.500. The zero-order chi connectivity index (χ0) is 11.5. The van der Waals surface area contributed by atoms with E-state index in [4.69, 9.17) is 10.5 Å². The van der Waals surface area contributed by atoms with E-state index in [-0.39, 0.29) is 6.10 Å². The number of anilines is 2. The lowest BCUT2D eigenvalue weighted by Gasteiger charge is -2.32. The Bertz CT molecular complexity index is 368. The van der Waals surface area contributed by atoms with E-state index in [1.54, 1.807) is 7.11 Å². The lowest BCUT2D eigenvalue weighted by molar-refractivity contribution is 0.154. The number of rotatable bonds is 2. The van der Waals surface area contributed by atoms with Gasteiger partial charge >= 0.3 is 0 Å². The predicted molar refractivity (Wildman–Crippen MR) is 64.9 cm³/mol. The Morgan fingerprint density at radius 3 is 2.94 bits per heavy atom. The molecule has 3 N–H and O–H groups in total. The van der Waals surface area contributed by atoms with Crippen molar-refractivity contribution in [2.24, 2.45) is 0 Å². The van der Waals surface area contributed by atoms with Crippen molar-refractivity contribution in [2.45, 2.75) is 18.9 Å². The van der Waals surface area contributed by atoms with E-state index in [9.17, 15) is 5.11 Å². The van der Waals surface area contributed by atoms with Gasteiger partial charge in [0.2, 0.25) is 0 Å². The van der Waals surface area contributed by atoms with Crippen molar-refractivity contribution in [1.82, 2.24) is 0 Å². The number of benzene rings is 1. The van der Waals surface area contributed by atoms with Crippen molar-refractivity contribution in [2.75, 3.05) is 30.8 Å². The summed E-state index contributed by atoms with van der Waals surface area (Å²) in [5.41, 5.74) is 7.66. The minimum atomic E-state index is -0.241. The maximum atomic E-state index is 9.63. The number of methoxy groups -OCH3 is 1. The van der Waals surface area contributed by atoms with Gasteiger partial charge in [-0.05, 0) is 25.0 Å². The average molecular weight is 222 g/mol. The molecule has 0 bridgehead atoms. The molecule has 1 aromatic rings. The third-order valence-electron chi connectivity index (χ3n) is 2.97. The molecule has 0 aliphatic carbocycles. The highest BCUT2D eigenvalue weighted by Gasteiger charge is 2.19. The first-order chi connectivity index (χ1) is 7.70. The number of aliphatic hydroxyl groups is 1. The van der Waals surface area contributed by atoms with E-state index in [0.29, 0.717) is 12.2 Å². The lowest BCUT2D eigenvalue weighted by Crippen LogP contribution is -2.38. The first kappa shape index (κ1) is 11.1. The van der Waals surface area contributed by atoms with E-state index in [1.807, 2.05) is 18.2 Å². The van der Waals surface area contributed by atoms with Crippen LogP contribution in [0.5, 0.6) is 5.75 Å². The highest BCUT2D eigenvalue weighted by molar-refractivity contribution is 5.69. The van der Waals surface area contributed by atoms with Crippen LogP contribution in [-0.2, 0) is 0 Å². The average Bonchev–Trinajstić information content (AvgIpc) is 2.28. The summed E-state index contributed by atoms with van der Waals surface area (Å²) in [6.07, 6.45) is 1.65. The lowest BCUT2D eigenvalue weighted by atomic mass is 10.1. The van der Waals surface area contributed by atoms with Gasteiger partial charge in [-0.25, -0.2) is 0 Å². The Morgan fingerprint density at radius 2 is 2.31 bits per heavy atom. The molecular weight excluding hydrogens is 204 g/mol. The highest BCUT2D eigenvalue weighted by atomic mass is 16.5. The summed E-state index contributed by atoms with van der Waals surface area (Å²) >= 11 is 0. The summed E-state index contributed by atoms with van der Waals surface area (Å²) in [4.78, 5) is 2.13. The second-order valence-electron chi connectivity index (χ2n) is 4.17. The number of nitrogens with two attached hydrogens (primary N) is 1. The van der Waals surface area contributed by atoms with E-state index >= 15 is 0 Å². The van der Waals surface area contributed by atoms with Crippen LogP contribution in [0.4, 0.5) is 11.4 Å². The molecule has 1 heterocycles. The van der Waals surface area contributed by atoms with E-state index in [1.165, 1.54) is 0 Å². The zero-order valence-corrected chi connectivity index (χ0v) is 9.52. The molecule has 0 aromatic heterocycles. The smallest absolute Gasteiger partial charge is 0.121 e. The maximum absolute atomic E-state index is 9.63. The van der Waals surface area contributed by atoms with Crippen molar-refractivity contribution < 1.29 is 9.84 Å². The van der Waals surface area contributed by atoms with Crippen molar-refractivity contribution in [3.05, 3.63) is 18.2 Å². The molecule has 1 atom stereocenters. The first-order valence-electron chi connectivity index (χ1n) is 5.57. The third kappa shape index (κ3) is 2.22. The highest BCUT2D eigenvalue weighted by Crippen LogP contribution is 2.29. The van der Waals surface area contributed by atoms with Gasteiger partial charge < -0.3 is 20.5 Å². The first-order valence-corrected chi connectivity index (χ1v) is 5.57. The van der Waals surface area contributed by atoms with Crippen LogP contribution in [0, 0.1) is 0 Å². The number of ether oxygens (including phenoxy) is 1. The molecule has 1 aliphatic rings. The summed E-state index contributed by atoms with van der Waals surface area (Å²) < 4.78 is 5.11. The van der Waals surface area contributed by atoms with Gasteiger partial charge in [-0.2, -0.15) is 0 Å². The molecule has 0 spiro atoms. The number of hydrogen-bond acceptors (Lipinski definition) is 4. The quantitative estimate of drug-likeness (QED) is 0.739. The Morgan fingerprint density at radius 1 is 1.50 bits per heavy atom. The van der Waals surface area contributed by atoms with Crippen molar-refractivity contribution in [3.63, 3.8) is 0 Å². The van der Waals surface area contributed by atoms with Crippen molar-refractivity contribution >= 4 is 11.4 Å². The van der Waals surface area contributed by atoms with Gasteiger partial charge in [0.15, 0.2) is 0 Å². The molecular formula is C12H18N2O2. The Balaban J connectivity index is 2.19. The molecule has 0 saturated carbocycles. The summed E-state index contributed by atoms with van der Waals surface area (Å²) in [5.74, 6) is 0.763. The Kier molecular flexibility index (Phi) is 3.19. The zero-order valence-electron chi connectivity index (χ0n) is 9.52. The molecule has 1 fully saturated rings. The predicted octanol–water partition coefficient (Wildman–Crippen LogP) is 1.24. The minimum Gasteiger partial charge on any atom is -0.497 e. The SMILES string of the molecule is COc1ccc(N2CCC[C@@H](O)C2)c(N)c1. The molecule has 1 saturated heterocycles. The van der Waals surface area contributed by atoms with Crippen LogP contribution >= 0.6 is 0 Å². The second-order valence-corrected chi connectivity index (χ2v) is 4.17. The second kappa shape index (κ2) is 4.61. The van der Waals surface area contributed by atoms with Crippen LogP contribution in [0.2, 0.25) is 0 Å². The van der Waals surface area contributed by atoms with Gasteiger partial charge in [-0.15, -0.1) is 0 Å². The standard InChI is InChI=1S/C12H18N2O2/c1-16-10-4-5-12(11(13)7-10)14-6-2-3-9(15)8-14/h4-5,7,9,15H,2-3,6,8,13H2,1H3/t9-/m1/s1. The van der Waals surface area contributed by atoms with Crippen LogP contribution in [-0.4, -0.2) is 31.4 Å². The van der Waals surface area contributed by atoms with Gasteiger partial charge in [0, 0.05) is 19.2 Å². The summed E-state index contributed by atoms with van der Waals surface area (Å²) in [5, 5.41) is 9.63. The molecule has 4 heteroatoms. The van der Waals surface area contributed by atoms with Gasteiger partial charge in [-0.1, -0.05) is 0 Å². The Hall–Kier alpha value is -1.42. The van der Waals surface area contributed by atoms with Crippen LogP contribution in [0.3, 0.4) is 0 Å². The molecule has 1 aliphatic heterocycles. The number of β-amino-alcohol motifs (C(OH)–C–C–N with tert-alkyl or cyclic N) is 1. The number of hydrogen-bond donors (Lipinski definition) is 2. The molecule has 0 radical (unpaired) electrons. The van der Waals surface area contributed by atoms with Gasteiger partial charge in [-0.3, -0.25) is 0 Å². The molecule has 2 rings (SSSR count). The van der Waals surface area contributed by atoms with E-state index < -0.39 is 0 Å². The van der Waals surface area contributed by atoms with Gasteiger partial charge in [0.25, 0.3) is 0 Å². The molecule has 88 valence electrons. The Labute approximate surface area is 95.6 Å². The van der Waals surface area contributed by atoms with Crippen LogP contribution in [0.15, 0.2) is 18.2 Å². The van der Waals surface area contributed by atoms with E-state index in [2.05, 4.69) is 4.90 Å². The largest absolute Gasteiger partial charge is 0.497 e. The minimum absolute atomic E-state index is 0.241. The number of nitrogen functional groups attached to an aromatic ring is 1. The van der Waals surface area contributed by atoms with Crippen molar-refractivity contribution in [3.8, 4) is 5.75 Å². The fourth-order valence-electron chi connectivity index (χ4n) is 2.12. The van der Waals surface area contributed by atoms with Crippen LogP contribution in [0.1, 0.15) is 12.8 Å². The van der Waals surface area contributed by atoms with Crippen LogP contribution < -0.4 is 15.4 Å². The molecule has 4 nitrogen and oxygen atoms in total. The van der Waals surface area contributed by atoms with Crippen LogP contribution in [0.25, 0.3) is 0 Å². The van der Waals surface area contributed by atoms with E-state index in [0.717, 1.165) is 30.8 Å². The summed E-state index contributed by atoms with van der Waals surface area (Å²) in [6.45, 7) is 1.62. The number of piperidine rings is 1. The normalized spacial score (nSPS) is 20.9. The summed E-state index contributed by atoms with van der Waals surface area (Å²) in [7, 11) is 1.62. The monoisotopic (exact) mass is 222 g/mol. The maximum Gasteiger partial charge on any atom is 0.121 e. The number of aliphatic hydroxyl groups excluding tert-OH is 1. The summed E-state index contributed by atoms with van der Waals surface area (Å²) in [6, 6.07) is 5.66. The topological polar surface area (TPSA) is 58.7 Å².